The summed E-state index contributed by atoms with van der Waals surface area (Å²) in [6, 6.07) is 8.57. The lowest BCUT2D eigenvalue weighted by atomic mass is 10.2. The van der Waals surface area contributed by atoms with Crippen molar-refractivity contribution < 1.29 is 4.74 Å². The quantitative estimate of drug-likeness (QED) is 0.739. The predicted molar refractivity (Wildman–Crippen MR) is 67.4 cm³/mol. The van der Waals surface area contributed by atoms with Crippen LogP contribution >= 0.6 is 0 Å². The normalized spacial score (nSPS) is 11.8. The van der Waals surface area contributed by atoms with E-state index in [1.54, 1.807) is 0 Å². The zero-order valence-corrected chi connectivity index (χ0v) is 9.99. The highest BCUT2D eigenvalue weighted by Crippen LogP contribution is 2.12. The van der Waals surface area contributed by atoms with Crippen LogP contribution in [0.1, 0.15) is 25.8 Å². The molecule has 1 N–H and O–H groups in total. The Morgan fingerprint density at radius 1 is 1.38 bits per heavy atom. The Morgan fingerprint density at radius 2 is 2.06 bits per heavy atom. The average Bonchev–Trinajstić information content (AvgIpc) is 2.34. The first-order valence-electron chi connectivity index (χ1n) is 5.64. The monoisotopic (exact) mass is 217 g/mol. The van der Waals surface area contributed by atoms with Gasteiger partial charge in [0.15, 0.2) is 0 Å². The Hall–Kier alpha value is -1.46. The SMILES string of the molecule is C#CCOc1ccc(CN[C@@H](C)CC)cc1. The number of terminal acetylenes is 1. The fourth-order valence-corrected chi connectivity index (χ4v) is 1.26. The molecule has 2 nitrogen and oxygen atoms in total. The van der Waals surface area contributed by atoms with Crippen LogP contribution in [-0.4, -0.2) is 12.6 Å². The van der Waals surface area contributed by atoms with E-state index in [1.807, 2.05) is 12.1 Å². The summed E-state index contributed by atoms with van der Waals surface area (Å²) >= 11 is 0. The van der Waals surface area contributed by atoms with Crippen LogP contribution in [0, 0.1) is 12.3 Å². The summed E-state index contributed by atoms with van der Waals surface area (Å²) in [5, 5.41) is 3.44. The standard InChI is InChI=1S/C14H19NO/c1-4-10-16-14-8-6-13(7-9-14)11-15-12(3)5-2/h1,6-9,12,15H,5,10-11H2,2-3H3/t12-/m0/s1. The van der Waals surface area contributed by atoms with Gasteiger partial charge in [-0.3, -0.25) is 0 Å². The number of ether oxygens (including phenoxy) is 1. The second-order valence-electron chi connectivity index (χ2n) is 3.83. The van der Waals surface area contributed by atoms with Gasteiger partial charge in [0.05, 0.1) is 0 Å². The second kappa shape index (κ2) is 6.92. The summed E-state index contributed by atoms with van der Waals surface area (Å²) in [6.45, 7) is 5.58. The Kier molecular flexibility index (Phi) is 5.45. The molecule has 0 aliphatic rings. The number of rotatable bonds is 6. The molecular weight excluding hydrogens is 198 g/mol. The van der Waals surface area contributed by atoms with Gasteiger partial charge in [0.2, 0.25) is 0 Å². The lowest BCUT2D eigenvalue weighted by molar-refractivity contribution is 0.370. The Morgan fingerprint density at radius 3 is 2.62 bits per heavy atom. The van der Waals surface area contributed by atoms with E-state index in [0.29, 0.717) is 12.6 Å². The summed E-state index contributed by atoms with van der Waals surface area (Å²) in [6.07, 6.45) is 6.26. The van der Waals surface area contributed by atoms with E-state index >= 15 is 0 Å². The van der Waals surface area contributed by atoms with Crippen molar-refractivity contribution in [3.8, 4) is 18.1 Å². The van der Waals surface area contributed by atoms with Crippen molar-refractivity contribution >= 4 is 0 Å². The van der Waals surface area contributed by atoms with Crippen molar-refractivity contribution in [1.82, 2.24) is 5.32 Å². The van der Waals surface area contributed by atoms with Gasteiger partial charge in [0, 0.05) is 12.6 Å². The van der Waals surface area contributed by atoms with Crippen molar-refractivity contribution in [1.29, 1.82) is 0 Å². The van der Waals surface area contributed by atoms with E-state index in [4.69, 9.17) is 11.2 Å². The minimum atomic E-state index is 0.324. The van der Waals surface area contributed by atoms with Crippen LogP contribution in [0.15, 0.2) is 24.3 Å². The maximum atomic E-state index is 5.30. The van der Waals surface area contributed by atoms with Gasteiger partial charge >= 0.3 is 0 Å². The molecule has 86 valence electrons. The molecule has 0 amide bonds. The van der Waals surface area contributed by atoms with E-state index in [-0.39, 0.29) is 0 Å². The van der Waals surface area contributed by atoms with E-state index in [1.165, 1.54) is 5.56 Å². The Balaban J connectivity index is 2.42. The molecule has 16 heavy (non-hydrogen) atoms. The molecule has 1 aromatic carbocycles. The third-order valence-corrected chi connectivity index (χ3v) is 2.51. The van der Waals surface area contributed by atoms with Crippen LogP contribution in [0.2, 0.25) is 0 Å². The second-order valence-corrected chi connectivity index (χ2v) is 3.83. The molecule has 0 saturated carbocycles. The first-order chi connectivity index (χ1) is 7.76. The predicted octanol–water partition coefficient (Wildman–Crippen LogP) is 2.59. The number of hydrogen-bond donors (Lipinski definition) is 1. The molecule has 0 unspecified atom stereocenters. The molecule has 1 atom stereocenters. The molecule has 1 rings (SSSR count). The molecule has 2 heteroatoms. The fourth-order valence-electron chi connectivity index (χ4n) is 1.26. The number of hydrogen-bond acceptors (Lipinski definition) is 2. The highest BCUT2D eigenvalue weighted by molar-refractivity contribution is 5.27. The fraction of sp³-hybridized carbons (Fsp3) is 0.429. The zero-order valence-electron chi connectivity index (χ0n) is 9.99. The first kappa shape index (κ1) is 12.6. The largest absolute Gasteiger partial charge is 0.481 e. The van der Waals surface area contributed by atoms with Gasteiger partial charge in [0.25, 0.3) is 0 Å². The Labute approximate surface area is 98.0 Å². The summed E-state index contributed by atoms with van der Waals surface area (Å²) in [4.78, 5) is 0. The van der Waals surface area contributed by atoms with Crippen LogP contribution in [0.25, 0.3) is 0 Å². The van der Waals surface area contributed by atoms with Crippen LogP contribution in [-0.2, 0) is 6.54 Å². The molecule has 0 heterocycles. The molecule has 0 aromatic heterocycles. The van der Waals surface area contributed by atoms with E-state index in [2.05, 4.69) is 37.2 Å². The molecule has 0 saturated heterocycles. The van der Waals surface area contributed by atoms with Crippen molar-refractivity contribution in [2.75, 3.05) is 6.61 Å². The highest BCUT2D eigenvalue weighted by atomic mass is 16.5. The molecule has 0 fully saturated rings. The molecule has 0 spiro atoms. The summed E-state index contributed by atoms with van der Waals surface area (Å²) in [5.74, 6) is 3.27. The average molecular weight is 217 g/mol. The van der Waals surface area contributed by atoms with Crippen molar-refractivity contribution in [2.45, 2.75) is 32.9 Å². The smallest absolute Gasteiger partial charge is 0.148 e. The summed E-state index contributed by atoms with van der Waals surface area (Å²) < 4.78 is 5.30. The van der Waals surface area contributed by atoms with Gasteiger partial charge in [-0.2, -0.15) is 0 Å². The van der Waals surface area contributed by atoms with Crippen LogP contribution in [0.3, 0.4) is 0 Å². The van der Waals surface area contributed by atoms with Crippen LogP contribution in [0.5, 0.6) is 5.75 Å². The number of nitrogens with one attached hydrogen (secondary N) is 1. The van der Waals surface area contributed by atoms with Gasteiger partial charge in [-0.05, 0) is 31.0 Å². The third-order valence-electron chi connectivity index (χ3n) is 2.51. The molecule has 1 aromatic rings. The third kappa shape index (κ3) is 4.37. The van der Waals surface area contributed by atoms with E-state index < -0.39 is 0 Å². The van der Waals surface area contributed by atoms with Crippen LogP contribution < -0.4 is 10.1 Å². The summed E-state index contributed by atoms with van der Waals surface area (Å²) in [7, 11) is 0. The minimum Gasteiger partial charge on any atom is -0.481 e. The molecule has 0 aliphatic carbocycles. The molecule has 0 aliphatic heterocycles. The topological polar surface area (TPSA) is 21.3 Å². The van der Waals surface area contributed by atoms with E-state index in [0.717, 1.165) is 18.7 Å². The maximum Gasteiger partial charge on any atom is 0.148 e. The van der Waals surface area contributed by atoms with Gasteiger partial charge in [-0.1, -0.05) is 25.0 Å². The molecule has 0 bridgehead atoms. The molecule has 0 radical (unpaired) electrons. The maximum absolute atomic E-state index is 5.30. The summed E-state index contributed by atoms with van der Waals surface area (Å²) in [5.41, 5.74) is 1.26. The first-order valence-corrected chi connectivity index (χ1v) is 5.64. The van der Waals surface area contributed by atoms with Crippen molar-refractivity contribution in [3.63, 3.8) is 0 Å². The van der Waals surface area contributed by atoms with E-state index in [9.17, 15) is 0 Å². The van der Waals surface area contributed by atoms with Gasteiger partial charge in [0.1, 0.15) is 12.4 Å². The Bertz CT molecular complexity index is 337. The van der Waals surface area contributed by atoms with Crippen molar-refractivity contribution in [3.05, 3.63) is 29.8 Å². The molecular formula is C14H19NO. The minimum absolute atomic E-state index is 0.324. The zero-order chi connectivity index (χ0) is 11.8. The highest BCUT2D eigenvalue weighted by Gasteiger charge is 1.98. The van der Waals surface area contributed by atoms with Gasteiger partial charge in [-0.25, -0.2) is 0 Å². The number of benzene rings is 1. The van der Waals surface area contributed by atoms with Gasteiger partial charge in [-0.15, -0.1) is 6.42 Å². The lowest BCUT2D eigenvalue weighted by Gasteiger charge is -2.11. The van der Waals surface area contributed by atoms with Crippen molar-refractivity contribution in [2.24, 2.45) is 0 Å². The van der Waals surface area contributed by atoms with Gasteiger partial charge < -0.3 is 10.1 Å². The van der Waals surface area contributed by atoms with Crippen LogP contribution in [0.4, 0.5) is 0 Å². The lowest BCUT2D eigenvalue weighted by Crippen LogP contribution is -2.24.